The van der Waals surface area contributed by atoms with Gasteiger partial charge in [-0.15, -0.1) is 0 Å². The predicted molar refractivity (Wildman–Crippen MR) is 73.7 cm³/mol. The summed E-state index contributed by atoms with van der Waals surface area (Å²) in [5.74, 6) is 1.04. The van der Waals surface area contributed by atoms with E-state index in [1.165, 1.54) is 37.2 Å². The first-order valence-electron chi connectivity index (χ1n) is 6.02. The molecule has 0 atom stereocenters. The molecule has 1 rings (SSSR count). The molecule has 1 N–H and O–H groups in total. The van der Waals surface area contributed by atoms with Gasteiger partial charge in [0.25, 0.3) is 0 Å². The van der Waals surface area contributed by atoms with Gasteiger partial charge in [0.2, 0.25) is 16.2 Å². The van der Waals surface area contributed by atoms with Crippen LogP contribution in [0.2, 0.25) is 0 Å². The fourth-order valence-corrected chi connectivity index (χ4v) is 2.78. The maximum absolute atomic E-state index is 11.1. The van der Waals surface area contributed by atoms with Gasteiger partial charge in [-0.2, -0.15) is 9.36 Å². The third-order valence-corrected chi connectivity index (χ3v) is 3.88. The summed E-state index contributed by atoms with van der Waals surface area (Å²) in [6, 6.07) is 0. The Hall–Kier alpha value is -0.620. The zero-order chi connectivity index (χ0) is 12.5. The lowest BCUT2D eigenvalue weighted by atomic mass is 10.2. The summed E-state index contributed by atoms with van der Waals surface area (Å²) in [5.41, 5.74) is 0. The molecule has 1 aromatic heterocycles. The van der Waals surface area contributed by atoms with Gasteiger partial charge in [-0.3, -0.25) is 4.79 Å². The summed E-state index contributed by atoms with van der Waals surface area (Å²) in [4.78, 5) is 15.4. The minimum atomic E-state index is -0.0133. The molecule has 0 spiro atoms. The minimum absolute atomic E-state index is 0.0133. The molecule has 4 nitrogen and oxygen atoms in total. The highest BCUT2D eigenvalue weighted by Gasteiger charge is 2.06. The summed E-state index contributed by atoms with van der Waals surface area (Å²) < 4.78 is 4.20. The van der Waals surface area contributed by atoms with Gasteiger partial charge in [-0.05, 0) is 6.42 Å². The van der Waals surface area contributed by atoms with Crippen molar-refractivity contribution in [3.63, 3.8) is 0 Å². The van der Waals surface area contributed by atoms with Crippen molar-refractivity contribution in [1.29, 1.82) is 0 Å². The van der Waals surface area contributed by atoms with Crippen LogP contribution in [0, 0.1) is 0 Å². The number of rotatable bonds is 8. The van der Waals surface area contributed by atoms with Crippen molar-refractivity contribution in [2.45, 2.75) is 51.1 Å². The average Bonchev–Trinajstić information content (AvgIpc) is 2.76. The Morgan fingerprint density at radius 3 is 2.88 bits per heavy atom. The summed E-state index contributed by atoms with van der Waals surface area (Å²) in [6.45, 7) is 4.03. The van der Waals surface area contributed by atoms with Gasteiger partial charge in [0, 0.05) is 23.7 Å². The standard InChI is InChI=1S/C11H19N3OS2/c1-3-5-6-7-8-16-11-13-10(17-14-11)12-9(15)4-2/h3-8H2,1-2H3,(H,12,13,14,15). The van der Waals surface area contributed by atoms with Crippen molar-refractivity contribution >= 4 is 34.3 Å². The van der Waals surface area contributed by atoms with Gasteiger partial charge >= 0.3 is 0 Å². The van der Waals surface area contributed by atoms with Crippen LogP contribution in [0.5, 0.6) is 0 Å². The maximum Gasteiger partial charge on any atom is 0.225 e. The lowest BCUT2D eigenvalue weighted by Gasteiger charge is -1.97. The fraction of sp³-hybridized carbons (Fsp3) is 0.727. The largest absolute Gasteiger partial charge is 0.301 e. The zero-order valence-electron chi connectivity index (χ0n) is 10.4. The second kappa shape index (κ2) is 8.47. The summed E-state index contributed by atoms with van der Waals surface area (Å²) >= 11 is 2.91. The van der Waals surface area contributed by atoms with E-state index < -0.39 is 0 Å². The van der Waals surface area contributed by atoms with E-state index in [0.717, 1.165) is 10.9 Å². The summed E-state index contributed by atoms with van der Waals surface area (Å²) in [6.07, 6.45) is 5.50. The van der Waals surface area contributed by atoms with E-state index in [1.54, 1.807) is 11.8 Å². The molecule has 1 heterocycles. The van der Waals surface area contributed by atoms with Crippen molar-refractivity contribution in [2.75, 3.05) is 11.1 Å². The van der Waals surface area contributed by atoms with Crippen LogP contribution in [-0.4, -0.2) is 21.0 Å². The maximum atomic E-state index is 11.1. The molecule has 1 aromatic rings. The van der Waals surface area contributed by atoms with Crippen molar-refractivity contribution in [2.24, 2.45) is 0 Å². The molecule has 6 heteroatoms. The Kier molecular flexibility index (Phi) is 7.19. The Morgan fingerprint density at radius 2 is 2.18 bits per heavy atom. The number of unbranched alkanes of at least 4 members (excludes halogenated alkanes) is 3. The highest BCUT2D eigenvalue weighted by molar-refractivity contribution is 7.99. The molecule has 17 heavy (non-hydrogen) atoms. The number of hydrogen-bond donors (Lipinski definition) is 1. The Morgan fingerprint density at radius 1 is 1.35 bits per heavy atom. The van der Waals surface area contributed by atoms with E-state index in [9.17, 15) is 4.79 Å². The van der Waals surface area contributed by atoms with E-state index in [2.05, 4.69) is 21.6 Å². The van der Waals surface area contributed by atoms with Crippen molar-refractivity contribution in [3.8, 4) is 0 Å². The van der Waals surface area contributed by atoms with Gasteiger partial charge in [0.05, 0.1) is 0 Å². The molecular weight excluding hydrogens is 254 g/mol. The van der Waals surface area contributed by atoms with Crippen molar-refractivity contribution < 1.29 is 4.79 Å². The third-order valence-electron chi connectivity index (χ3n) is 2.20. The Labute approximate surface area is 111 Å². The first-order chi connectivity index (χ1) is 8.26. The van der Waals surface area contributed by atoms with Crippen molar-refractivity contribution in [1.82, 2.24) is 9.36 Å². The Bertz CT molecular complexity index is 341. The number of aromatic nitrogens is 2. The SMILES string of the molecule is CCCCCCSc1nsc(NC(=O)CC)n1. The molecule has 96 valence electrons. The number of anilines is 1. The minimum Gasteiger partial charge on any atom is -0.301 e. The number of carbonyl (C=O) groups excluding carboxylic acids is 1. The number of hydrogen-bond acceptors (Lipinski definition) is 5. The molecule has 0 aromatic carbocycles. The van der Waals surface area contributed by atoms with Crippen LogP contribution in [0.15, 0.2) is 5.16 Å². The van der Waals surface area contributed by atoms with Crippen LogP contribution in [-0.2, 0) is 4.79 Å². The molecule has 0 aliphatic heterocycles. The zero-order valence-corrected chi connectivity index (χ0v) is 12.0. The third kappa shape index (κ3) is 6.02. The molecule has 0 saturated heterocycles. The van der Waals surface area contributed by atoms with Crippen LogP contribution in [0.25, 0.3) is 0 Å². The lowest BCUT2D eigenvalue weighted by molar-refractivity contribution is -0.115. The quantitative estimate of drug-likeness (QED) is 0.581. The molecule has 0 bridgehead atoms. The van der Waals surface area contributed by atoms with Gasteiger partial charge in [-0.25, -0.2) is 0 Å². The molecule has 0 saturated carbocycles. The van der Waals surface area contributed by atoms with Crippen LogP contribution in [0.3, 0.4) is 0 Å². The number of carbonyl (C=O) groups is 1. The monoisotopic (exact) mass is 273 g/mol. The molecule has 0 fully saturated rings. The molecule has 0 aliphatic carbocycles. The molecule has 1 amide bonds. The van der Waals surface area contributed by atoms with E-state index in [4.69, 9.17) is 0 Å². The van der Waals surface area contributed by atoms with Gasteiger partial charge in [0.1, 0.15) is 0 Å². The molecule has 0 aliphatic rings. The molecular formula is C11H19N3OS2. The van der Waals surface area contributed by atoms with Crippen molar-refractivity contribution in [3.05, 3.63) is 0 Å². The van der Waals surface area contributed by atoms with Crippen LogP contribution in [0.1, 0.15) is 46.0 Å². The second-order valence-electron chi connectivity index (χ2n) is 3.69. The van der Waals surface area contributed by atoms with Crippen LogP contribution in [0.4, 0.5) is 5.13 Å². The van der Waals surface area contributed by atoms with Gasteiger partial charge < -0.3 is 5.32 Å². The fourth-order valence-electron chi connectivity index (χ4n) is 1.22. The van der Waals surface area contributed by atoms with E-state index >= 15 is 0 Å². The van der Waals surface area contributed by atoms with E-state index in [0.29, 0.717) is 11.6 Å². The first-order valence-corrected chi connectivity index (χ1v) is 7.78. The summed E-state index contributed by atoms with van der Waals surface area (Å²) in [5, 5.41) is 4.10. The van der Waals surface area contributed by atoms with Gasteiger partial charge in [-0.1, -0.05) is 44.9 Å². The highest BCUT2D eigenvalue weighted by Crippen LogP contribution is 2.21. The predicted octanol–water partition coefficient (Wildman–Crippen LogP) is 3.56. The van der Waals surface area contributed by atoms with Gasteiger partial charge in [0.15, 0.2) is 0 Å². The van der Waals surface area contributed by atoms with Crippen LogP contribution >= 0.6 is 23.3 Å². The molecule has 0 unspecified atom stereocenters. The number of nitrogens with zero attached hydrogens (tertiary/aromatic N) is 2. The second-order valence-corrected chi connectivity index (χ2v) is 5.51. The first kappa shape index (κ1) is 14.4. The number of nitrogens with one attached hydrogen (secondary N) is 1. The smallest absolute Gasteiger partial charge is 0.225 e. The molecule has 0 radical (unpaired) electrons. The summed E-state index contributed by atoms with van der Waals surface area (Å²) in [7, 11) is 0. The Balaban J connectivity index is 2.23. The van der Waals surface area contributed by atoms with E-state index in [-0.39, 0.29) is 5.91 Å². The van der Waals surface area contributed by atoms with Crippen LogP contribution < -0.4 is 5.32 Å². The topological polar surface area (TPSA) is 54.9 Å². The normalized spacial score (nSPS) is 10.5. The average molecular weight is 273 g/mol. The van der Waals surface area contributed by atoms with E-state index in [1.807, 2.05) is 6.92 Å². The highest BCUT2D eigenvalue weighted by atomic mass is 32.2. The number of amides is 1. The lowest BCUT2D eigenvalue weighted by Crippen LogP contribution is -2.08. The number of thioether (sulfide) groups is 1.